The number of rotatable bonds is 5. The van der Waals surface area contributed by atoms with Gasteiger partial charge in [-0.25, -0.2) is 0 Å². The van der Waals surface area contributed by atoms with Crippen LogP contribution in [0.15, 0.2) is 4.99 Å². The van der Waals surface area contributed by atoms with Crippen molar-refractivity contribution in [2.45, 2.75) is 25.3 Å². The second-order valence-electron chi connectivity index (χ2n) is 3.32. The predicted octanol–water partition coefficient (Wildman–Crippen LogP) is -0.226. The van der Waals surface area contributed by atoms with E-state index in [0.29, 0.717) is 19.4 Å². The monoisotopic (exact) mass is 274 g/mol. The maximum Gasteiger partial charge on any atom is 0.325 e. The van der Waals surface area contributed by atoms with Gasteiger partial charge in [-0.15, -0.1) is 24.8 Å². The van der Waals surface area contributed by atoms with Crippen molar-refractivity contribution in [3.63, 3.8) is 0 Å². The highest BCUT2D eigenvalue weighted by atomic mass is 35.5. The van der Waals surface area contributed by atoms with Crippen LogP contribution in [-0.2, 0) is 9.53 Å². The van der Waals surface area contributed by atoms with E-state index in [1.54, 1.807) is 6.92 Å². The van der Waals surface area contributed by atoms with E-state index in [9.17, 15) is 4.79 Å². The van der Waals surface area contributed by atoms with Gasteiger partial charge in [-0.3, -0.25) is 9.79 Å². The first kappa shape index (κ1) is 20.7. The summed E-state index contributed by atoms with van der Waals surface area (Å²) in [5.74, 6) is -0.385. The van der Waals surface area contributed by atoms with Gasteiger partial charge in [-0.2, -0.15) is 0 Å². The third kappa shape index (κ3) is 8.58. The molecule has 0 aliphatic rings. The Morgan fingerprint density at radius 2 is 1.88 bits per heavy atom. The second kappa shape index (κ2) is 9.50. The fraction of sp³-hybridized carbons (Fsp3) is 0.750. The number of hydrogen-bond donors (Lipinski definition) is 3. The lowest BCUT2D eigenvalue weighted by molar-refractivity contribution is -0.146. The number of hydrogen-bond acceptors (Lipinski definition) is 4. The van der Waals surface area contributed by atoms with E-state index in [-0.39, 0.29) is 30.8 Å². The minimum absolute atomic E-state index is 0. The third-order valence-electron chi connectivity index (χ3n) is 1.80. The van der Waals surface area contributed by atoms with Gasteiger partial charge < -0.3 is 21.9 Å². The normalized spacial score (nSPS) is 12.4. The Bertz CT molecular complexity index is 230. The number of carbonyl (C=O) groups is 1. The largest absolute Gasteiger partial charge is 0.468 e. The van der Waals surface area contributed by atoms with Gasteiger partial charge in [-0.1, -0.05) is 0 Å². The van der Waals surface area contributed by atoms with Crippen LogP contribution in [0.2, 0.25) is 0 Å². The summed E-state index contributed by atoms with van der Waals surface area (Å²) in [6.45, 7) is 2.08. The van der Waals surface area contributed by atoms with Crippen LogP contribution in [0.25, 0.3) is 0 Å². The molecule has 0 heterocycles. The van der Waals surface area contributed by atoms with Crippen molar-refractivity contribution in [1.82, 2.24) is 0 Å². The van der Waals surface area contributed by atoms with Crippen LogP contribution in [0.3, 0.4) is 0 Å². The van der Waals surface area contributed by atoms with Crippen LogP contribution >= 0.6 is 24.8 Å². The molecular formula is C8H20Cl2N4O2. The summed E-state index contributed by atoms with van der Waals surface area (Å²) < 4.78 is 4.54. The van der Waals surface area contributed by atoms with Crippen LogP contribution in [0, 0.1) is 0 Å². The number of guanidine groups is 1. The lowest BCUT2D eigenvalue weighted by atomic mass is 9.97. The van der Waals surface area contributed by atoms with Crippen molar-refractivity contribution < 1.29 is 9.53 Å². The van der Waals surface area contributed by atoms with Crippen molar-refractivity contribution in [3.05, 3.63) is 0 Å². The van der Waals surface area contributed by atoms with Crippen LogP contribution < -0.4 is 17.2 Å². The molecule has 16 heavy (non-hydrogen) atoms. The number of nitrogens with two attached hydrogens (primary N) is 3. The minimum Gasteiger partial charge on any atom is -0.468 e. The molecule has 6 N–H and O–H groups in total. The number of ether oxygens (including phenoxy) is 1. The maximum atomic E-state index is 11.1. The predicted molar refractivity (Wildman–Crippen MR) is 69.0 cm³/mol. The molecule has 0 bridgehead atoms. The lowest BCUT2D eigenvalue weighted by Gasteiger charge is -2.20. The van der Waals surface area contributed by atoms with Crippen molar-refractivity contribution in [3.8, 4) is 0 Å². The molecule has 0 aromatic rings. The first-order valence-electron chi connectivity index (χ1n) is 4.33. The molecule has 0 saturated heterocycles. The summed E-state index contributed by atoms with van der Waals surface area (Å²) in [7, 11) is 1.31. The van der Waals surface area contributed by atoms with Gasteiger partial charge >= 0.3 is 5.97 Å². The first-order chi connectivity index (χ1) is 6.40. The summed E-state index contributed by atoms with van der Waals surface area (Å²) in [5, 5.41) is 0. The summed E-state index contributed by atoms with van der Waals surface area (Å²) >= 11 is 0. The van der Waals surface area contributed by atoms with Gasteiger partial charge in [0.1, 0.15) is 5.54 Å². The Kier molecular flexibility index (Phi) is 12.3. The van der Waals surface area contributed by atoms with Gasteiger partial charge in [0.2, 0.25) is 0 Å². The van der Waals surface area contributed by atoms with Gasteiger partial charge in [0.25, 0.3) is 0 Å². The zero-order chi connectivity index (χ0) is 11.2. The van der Waals surface area contributed by atoms with Gasteiger partial charge in [-0.05, 0) is 19.8 Å². The molecule has 0 amide bonds. The number of methoxy groups -OCH3 is 1. The molecule has 0 fully saturated rings. The molecule has 8 heteroatoms. The molecule has 0 aromatic carbocycles. The highest BCUT2D eigenvalue weighted by Crippen LogP contribution is 2.10. The van der Waals surface area contributed by atoms with E-state index >= 15 is 0 Å². The molecule has 0 unspecified atom stereocenters. The highest BCUT2D eigenvalue weighted by Gasteiger charge is 2.28. The van der Waals surface area contributed by atoms with Crippen LogP contribution in [-0.4, -0.2) is 31.1 Å². The molecule has 98 valence electrons. The third-order valence-corrected chi connectivity index (χ3v) is 1.80. The molecule has 1 atom stereocenters. The fourth-order valence-electron chi connectivity index (χ4n) is 0.990. The summed E-state index contributed by atoms with van der Waals surface area (Å²) in [6, 6.07) is 0. The zero-order valence-electron chi connectivity index (χ0n) is 9.43. The van der Waals surface area contributed by atoms with Gasteiger partial charge in [0, 0.05) is 6.54 Å². The Balaban J connectivity index is -0.000000845. The minimum atomic E-state index is -0.965. The number of halogens is 2. The zero-order valence-corrected chi connectivity index (χ0v) is 11.1. The van der Waals surface area contributed by atoms with E-state index < -0.39 is 11.5 Å². The van der Waals surface area contributed by atoms with Crippen LogP contribution in [0.4, 0.5) is 0 Å². The van der Waals surface area contributed by atoms with E-state index in [1.807, 2.05) is 0 Å². The maximum absolute atomic E-state index is 11.1. The average Bonchev–Trinajstić information content (AvgIpc) is 2.10. The summed E-state index contributed by atoms with van der Waals surface area (Å²) in [5.41, 5.74) is 15.0. The second-order valence-corrected chi connectivity index (χ2v) is 3.32. The van der Waals surface area contributed by atoms with Crippen molar-refractivity contribution in [1.29, 1.82) is 0 Å². The van der Waals surface area contributed by atoms with Gasteiger partial charge in [0.05, 0.1) is 7.11 Å². The highest BCUT2D eigenvalue weighted by molar-refractivity contribution is 5.85. The SMILES string of the molecule is COC(=O)[C@@](C)(N)CCCN=C(N)N.Cl.Cl. The number of nitrogens with zero attached hydrogens (tertiary/aromatic N) is 1. The van der Waals surface area contributed by atoms with E-state index in [1.165, 1.54) is 7.11 Å². The first-order valence-corrected chi connectivity index (χ1v) is 4.33. The topological polar surface area (TPSA) is 117 Å². The number of carbonyl (C=O) groups excluding carboxylic acids is 1. The molecular weight excluding hydrogens is 255 g/mol. The Labute approximate surface area is 108 Å². The van der Waals surface area contributed by atoms with Crippen molar-refractivity contribution in [2.24, 2.45) is 22.2 Å². The van der Waals surface area contributed by atoms with E-state index in [4.69, 9.17) is 17.2 Å². The molecule has 0 aromatic heterocycles. The van der Waals surface area contributed by atoms with E-state index in [2.05, 4.69) is 9.73 Å². The molecule has 0 aliphatic carbocycles. The molecule has 0 aliphatic heterocycles. The lowest BCUT2D eigenvalue weighted by Crippen LogP contribution is -2.45. The van der Waals surface area contributed by atoms with Crippen LogP contribution in [0.1, 0.15) is 19.8 Å². The van der Waals surface area contributed by atoms with Crippen LogP contribution in [0.5, 0.6) is 0 Å². The molecule has 0 spiro atoms. The summed E-state index contributed by atoms with van der Waals surface area (Å²) in [4.78, 5) is 14.9. The Hall–Kier alpha value is -0.720. The average molecular weight is 275 g/mol. The smallest absolute Gasteiger partial charge is 0.325 e. The van der Waals surface area contributed by atoms with Crippen molar-refractivity contribution in [2.75, 3.05) is 13.7 Å². The fourth-order valence-corrected chi connectivity index (χ4v) is 0.990. The summed E-state index contributed by atoms with van der Waals surface area (Å²) in [6.07, 6.45) is 1.12. The number of esters is 1. The molecule has 0 saturated carbocycles. The Morgan fingerprint density at radius 1 is 1.38 bits per heavy atom. The molecule has 0 rings (SSSR count). The Morgan fingerprint density at radius 3 is 2.25 bits per heavy atom. The standard InChI is InChI=1S/C8H18N4O2.2ClH/c1-8(11,6(13)14-2)4-3-5-12-7(9)10;;/h3-5,11H2,1-2H3,(H4,9,10,12);2*1H/t8-;;/m0../s1. The van der Waals surface area contributed by atoms with Crippen molar-refractivity contribution >= 4 is 36.7 Å². The molecule has 6 nitrogen and oxygen atoms in total. The quantitative estimate of drug-likeness (QED) is 0.277. The van der Waals surface area contributed by atoms with E-state index in [0.717, 1.165) is 0 Å². The number of aliphatic imine (C=N–C) groups is 1. The van der Waals surface area contributed by atoms with Gasteiger partial charge in [0.15, 0.2) is 5.96 Å². The molecule has 0 radical (unpaired) electrons.